The zero-order valence-corrected chi connectivity index (χ0v) is 20.4. The van der Waals surface area contributed by atoms with Gasteiger partial charge in [-0.15, -0.1) is 0 Å². The summed E-state index contributed by atoms with van der Waals surface area (Å²) in [7, 11) is 0. The van der Waals surface area contributed by atoms with E-state index in [0.29, 0.717) is 6.42 Å². The number of rotatable bonds is 13. The Hall–Kier alpha value is -2.98. The minimum Gasteiger partial charge on any atom is -0.480 e. The van der Waals surface area contributed by atoms with E-state index in [1.807, 2.05) is 6.92 Å². The van der Waals surface area contributed by atoms with E-state index >= 15 is 0 Å². The molecule has 0 fully saturated rings. The van der Waals surface area contributed by atoms with Gasteiger partial charge in [-0.1, -0.05) is 64.4 Å². The summed E-state index contributed by atoms with van der Waals surface area (Å²) in [5.41, 5.74) is 6.56. The van der Waals surface area contributed by atoms with Gasteiger partial charge in [0.25, 0.3) is 0 Å². The Labute approximate surface area is 200 Å². The predicted octanol–water partition coefficient (Wildman–Crippen LogP) is 0.178. The molecule has 34 heavy (non-hydrogen) atoms. The van der Waals surface area contributed by atoms with Crippen LogP contribution in [0, 0.1) is 11.8 Å². The Morgan fingerprint density at radius 3 is 1.88 bits per heavy atom. The molecule has 7 N–H and O–H groups in total. The summed E-state index contributed by atoms with van der Waals surface area (Å²) in [6.07, 6.45) is -0.671. The highest BCUT2D eigenvalue weighted by atomic mass is 16.4. The van der Waals surface area contributed by atoms with Crippen molar-refractivity contribution in [3.63, 3.8) is 0 Å². The smallest absolute Gasteiger partial charge is 0.326 e. The van der Waals surface area contributed by atoms with Gasteiger partial charge in [-0.2, -0.15) is 0 Å². The molecule has 0 aliphatic heterocycles. The first-order valence-corrected chi connectivity index (χ1v) is 11.5. The highest BCUT2D eigenvalue weighted by Crippen LogP contribution is 2.11. The molecule has 0 radical (unpaired) electrons. The first kappa shape index (κ1) is 29.1. The number of hydrogen-bond acceptors (Lipinski definition) is 6. The molecule has 0 aliphatic rings. The van der Waals surface area contributed by atoms with Crippen LogP contribution in [0.4, 0.5) is 0 Å². The van der Waals surface area contributed by atoms with Crippen LogP contribution < -0.4 is 21.7 Å². The highest BCUT2D eigenvalue weighted by molar-refractivity contribution is 5.94. The Bertz CT molecular complexity index is 830. The molecule has 10 nitrogen and oxygen atoms in total. The maximum absolute atomic E-state index is 13.0. The molecule has 190 valence electrons. The minimum atomic E-state index is -1.34. The number of carbonyl (C=O) groups is 4. The number of nitrogens with one attached hydrogen (secondary N) is 3. The fourth-order valence-corrected chi connectivity index (χ4v) is 3.21. The molecule has 0 aliphatic carbocycles. The zero-order chi connectivity index (χ0) is 26.0. The van der Waals surface area contributed by atoms with Crippen LogP contribution in [-0.4, -0.2) is 64.2 Å². The molecule has 1 aromatic rings. The number of aliphatic carboxylic acids is 1. The Morgan fingerprint density at radius 2 is 1.41 bits per heavy atom. The monoisotopic (exact) mass is 478 g/mol. The van der Waals surface area contributed by atoms with E-state index in [9.17, 15) is 29.4 Å². The van der Waals surface area contributed by atoms with Crippen molar-refractivity contribution in [2.24, 2.45) is 17.6 Å². The standard InChI is InChI=1S/C24H38N4O6/c1-6-14(4)19(22(31)26-17(24(33)34)12-16-10-8-7-9-11-16)27-23(32)20(15(5)29)28-21(30)18(25)13(2)3/h7-11,13-15,17-20,29H,6,12,25H2,1-5H3,(H,26,31)(H,27,32)(H,28,30)(H,33,34). The first-order valence-electron chi connectivity index (χ1n) is 11.5. The number of amides is 3. The van der Waals surface area contributed by atoms with Gasteiger partial charge >= 0.3 is 5.97 Å². The topological polar surface area (TPSA) is 171 Å². The number of carboxylic acid groups (broad SMARTS) is 1. The van der Waals surface area contributed by atoms with E-state index in [-0.39, 0.29) is 18.3 Å². The first-order chi connectivity index (χ1) is 15.9. The fourth-order valence-electron chi connectivity index (χ4n) is 3.21. The van der Waals surface area contributed by atoms with Crippen LogP contribution in [0.2, 0.25) is 0 Å². The van der Waals surface area contributed by atoms with E-state index in [1.54, 1.807) is 51.1 Å². The molecule has 0 saturated heterocycles. The third-order valence-corrected chi connectivity index (χ3v) is 5.77. The van der Waals surface area contributed by atoms with Gasteiger partial charge in [0.1, 0.15) is 18.1 Å². The quantitative estimate of drug-likeness (QED) is 0.235. The molecule has 1 aromatic carbocycles. The normalized spacial score (nSPS) is 16.5. The molecule has 3 amide bonds. The van der Waals surface area contributed by atoms with Crippen LogP contribution in [0.15, 0.2) is 30.3 Å². The highest BCUT2D eigenvalue weighted by Gasteiger charge is 2.34. The lowest BCUT2D eigenvalue weighted by Gasteiger charge is -2.29. The molecule has 0 saturated carbocycles. The number of aliphatic hydroxyl groups is 1. The molecular formula is C24H38N4O6. The van der Waals surface area contributed by atoms with Gasteiger partial charge in [0.2, 0.25) is 17.7 Å². The fraction of sp³-hybridized carbons (Fsp3) is 0.583. The maximum atomic E-state index is 13.0. The SMILES string of the molecule is CCC(C)C(NC(=O)C(NC(=O)C(N)C(C)C)C(C)O)C(=O)NC(Cc1ccccc1)C(=O)O. The summed E-state index contributed by atoms with van der Waals surface area (Å²) in [6.45, 7) is 8.40. The van der Waals surface area contributed by atoms with Gasteiger partial charge in [-0.05, 0) is 24.3 Å². The van der Waals surface area contributed by atoms with Crippen LogP contribution in [0.25, 0.3) is 0 Å². The lowest BCUT2D eigenvalue weighted by atomic mass is 9.96. The predicted molar refractivity (Wildman–Crippen MR) is 128 cm³/mol. The number of aliphatic hydroxyl groups excluding tert-OH is 1. The third kappa shape index (κ3) is 8.75. The summed E-state index contributed by atoms with van der Waals surface area (Å²) in [4.78, 5) is 50.1. The largest absolute Gasteiger partial charge is 0.480 e. The molecule has 10 heteroatoms. The number of benzene rings is 1. The van der Waals surface area contributed by atoms with Crippen molar-refractivity contribution in [3.8, 4) is 0 Å². The summed E-state index contributed by atoms with van der Waals surface area (Å²) in [5.74, 6) is -3.78. The average molecular weight is 479 g/mol. The van der Waals surface area contributed by atoms with Crippen LogP contribution in [-0.2, 0) is 25.6 Å². The van der Waals surface area contributed by atoms with Crippen molar-refractivity contribution in [1.82, 2.24) is 16.0 Å². The second kappa shape index (κ2) is 13.7. The van der Waals surface area contributed by atoms with Crippen molar-refractivity contribution < 1.29 is 29.4 Å². The van der Waals surface area contributed by atoms with Crippen molar-refractivity contribution in [2.45, 2.75) is 77.7 Å². The Kier molecular flexibility index (Phi) is 11.7. The lowest BCUT2D eigenvalue weighted by molar-refractivity contribution is -0.142. The Morgan fingerprint density at radius 1 is 0.882 bits per heavy atom. The van der Waals surface area contributed by atoms with E-state index in [0.717, 1.165) is 5.56 Å². The molecule has 0 heterocycles. The van der Waals surface area contributed by atoms with Gasteiger partial charge in [0.05, 0.1) is 12.1 Å². The van der Waals surface area contributed by atoms with E-state index in [1.165, 1.54) is 6.92 Å². The van der Waals surface area contributed by atoms with Crippen molar-refractivity contribution in [2.75, 3.05) is 0 Å². The van der Waals surface area contributed by atoms with Crippen molar-refractivity contribution in [1.29, 1.82) is 0 Å². The lowest BCUT2D eigenvalue weighted by Crippen LogP contribution is -2.61. The second-order valence-corrected chi connectivity index (χ2v) is 8.96. The molecule has 6 atom stereocenters. The van der Waals surface area contributed by atoms with Gasteiger partial charge < -0.3 is 31.9 Å². The number of nitrogens with two attached hydrogens (primary N) is 1. The van der Waals surface area contributed by atoms with E-state index in [4.69, 9.17) is 5.73 Å². The molecular weight excluding hydrogens is 440 g/mol. The average Bonchev–Trinajstić information content (AvgIpc) is 2.79. The van der Waals surface area contributed by atoms with Gasteiger partial charge in [0, 0.05) is 6.42 Å². The molecule has 0 spiro atoms. The van der Waals surface area contributed by atoms with Crippen molar-refractivity contribution >= 4 is 23.7 Å². The molecule has 0 bridgehead atoms. The summed E-state index contributed by atoms with van der Waals surface area (Å²) in [5, 5.41) is 27.2. The summed E-state index contributed by atoms with van der Waals surface area (Å²) < 4.78 is 0. The molecule has 0 aromatic heterocycles. The maximum Gasteiger partial charge on any atom is 0.326 e. The van der Waals surface area contributed by atoms with E-state index in [2.05, 4.69) is 16.0 Å². The number of carboxylic acids is 1. The molecule has 6 unspecified atom stereocenters. The van der Waals surface area contributed by atoms with Crippen LogP contribution in [0.5, 0.6) is 0 Å². The zero-order valence-electron chi connectivity index (χ0n) is 20.4. The Balaban J connectivity index is 3.01. The van der Waals surface area contributed by atoms with Crippen LogP contribution in [0.3, 0.4) is 0 Å². The third-order valence-electron chi connectivity index (χ3n) is 5.77. The van der Waals surface area contributed by atoms with Crippen LogP contribution >= 0.6 is 0 Å². The number of hydrogen-bond donors (Lipinski definition) is 6. The summed E-state index contributed by atoms with van der Waals surface area (Å²) in [6, 6.07) is 4.37. The summed E-state index contributed by atoms with van der Waals surface area (Å²) >= 11 is 0. The number of carbonyl (C=O) groups excluding carboxylic acids is 3. The van der Waals surface area contributed by atoms with Gasteiger partial charge in [0.15, 0.2) is 0 Å². The molecule has 1 rings (SSSR count). The second-order valence-electron chi connectivity index (χ2n) is 8.96. The van der Waals surface area contributed by atoms with Crippen LogP contribution in [0.1, 0.15) is 46.6 Å². The van der Waals surface area contributed by atoms with Gasteiger partial charge in [-0.3, -0.25) is 14.4 Å². The van der Waals surface area contributed by atoms with Gasteiger partial charge in [-0.25, -0.2) is 4.79 Å². The van der Waals surface area contributed by atoms with E-state index < -0.39 is 54.0 Å². The minimum absolute atomic E-state index is 0.0720. The van der Waals surface area contributed by atoms with Crippen molar-refractivity contribution in [3.05, 3.63) is 35.9 Å².